The Bertz CT molecular complexity index is 626. The van der Waals surface area contributed by atoms with Crippen LogP contribution in [0.3, 0.4) is 0 Å². The molecular weight excluding hydrogens is 326 g/mol. The topological polar surface area (TPSA) is 61.8 Å². The van der Waals surface area contributed by atoms with Gasteiger partial charge in [0.2, 0.25) is 0 Å². The van der Waals surface area contributed by atoms with Gasteiger partial charge in [0.1, 0.15) is 5.82 Å². The summed E-state index contributed by atoms with van der Waals surface area (Å²) in [5, 5.41) is 7.05. The van der Waals surface area contributed by atoms with Crippen LogP contribution in [0.15, 0.2) is 23.2 Å². The lowest BCUT2D eigenvalue weighted by molar-refractivity contribution is -0.168. The summed E-state index contributed by atoms with van der Waals surface area (Å²) in [6.07, 6.45) is 5.34. The number of aliphatic imine (C=N–C) groups is 1. The molecule has 0 saturated heterocycles. The fraction of sp³-hybridized carbons (Fsp3) is 0.700. The number of nitrogens with one attached hydrogen (secondary N) is 2. The SMILES string of the molecule is CCNC(=NCc1cccc(N(C)C)n1)NC1CC(OCC)C12CCC2. The van der Waals surface area contributed by atoms with Gasteiger partial charge in [-0.3, -0.25) is 0 Å². The zero-order valence-electron chi connectivity index (χ0n) is 16.6. The summed E-state index contributed by atoms with van der Waals surface area (Å²) in [6, 6.07) is 6.54. The highest BCUT2D eigenvalue weighted by molar-refractivity contribution is 5.80. The van der Waals surface area contributed by atoms with E-state index in [1.165, 1.54) is 19.3 Å². The second-order valence-electron chi connectivity index (χ2n) is 7.54. The Morgan fingerprint density at radius 1 is 1.35 bits per heavy atom. The number of guanidine groups is 1. The van der Waals surface area contributed by atoms with Gasteiger partial charge < -0.3 is 20.3 Å². The highest BCUT2D eigenvalue weighted by Crippen LogP contribution is 2.57. The van der Waals surface area contributed by atoms with Gasteiger partial charge in [0.05, 0.1) is 18.3 Å². The number of aromatic nitrogens is 1. The van der Waals surface area contributed by atoms with Gasteiger partial charge in [0, 0.05) is 38.7 Å². The predicted molar refractivity (Wildman–Crippen MR) is 107 cm³/mol. The molecule has 2 N–H and O–H groups in total. The summed E-state index contributed by atoms with van der Waals surface area (Å²) >= 11 is 0. The molecule has 2 aliphatic carbocycles. The van der Waals surface area contributed by atoms with Crippen molar-refractivity contribution in [3.63, 3.8) is 0 Å². The van der Waals surface area contributed by atoms with Crippen LogP contribution < -0.4 is 15.5 Å². The number of hydrogen-bond acceptors (Lipinski definition) is 4. The van der Waals surface area contributed by atoms with E-state index in [4.69, 9.17) is 9.73 Å². The van der Waals surface area contributed by atoms with E-state index in [0.29, 0.717) is 24.1 Å². The molecule has 26 heavy (non-hydrogen) atoms. The van der Waals surface area contributed by atoms with Crippen molar-refractivity contribution in [1.82, 2.24) is 15.6 Å². The highest BCUT2D eigenvalue weighted by atomic mass is 16.5. The van der Waals surface area contributed by atoms with Crippen LogP contribution in [0.1, 0.15) is 45.2 Å². The summed E-state index contributed by atoms with van der Waals surface area (Å²) in [5.41, 5.74) is 1.31. The number of rotatable bonds is 7. The predicted octanol–water partition coefficient (Wildman–Crippen LogP) is 2.55. The van der Waals surface area contributed by atoms with E-state index < -0.39 is 0 Å². The first-order chi connectivity index (χ1) is 12.6. The van der Waals surface area contributed by atoms with Gasteiger partial charge in [-0.15, -0.1) is 0 Å². The Kier molecular flexibility index (Phi) is 6.01. The molecule has 2 atom stereocenters. The normalized spacial score (nSPS) is 23.9. The van der Waals surface area contributed by atoms with Crippen LogP contribution in [0, 0.1) is 5.41 Å². The standard InChI is InChI=1S/C20H33N5O/c1-5-21-19(22-14-15-9-7-10-18(23-15)25(3)4)24-16-13-17(26-6-2)20(16)11-8-12-20/h7,9-10,16-17H,5-6,8,11-14H2,1-4H3,(H2,21,22,24). The molecule has 144 valence electrons. The van der Waals surface area contributed by atoms with Gasteiger partial charge in [-0.05, 0) is 45.2 Å². The van der Waals surface area contributed by atoms with E-state index >= 15 is 0 Å². The van der Waals surface area contributed by atoms with Gasteiger partial charge in [-0.25, -0.2) is 9.98 Å². The Labute approximate surface area is 157 Å². The molecular formula is C20H33N5O. The van der Waals surface area contributed by atoms with Crippen molar-refractivity contribution in [2.24, 2.45) is 10.4 Å². The third kappa shape index (κ3) is 3.80. The number of ether oxygens (including phenoxy) is 1. The van der Waals surface area contributed by atoms with Crippen LogP contribution in [0.5, 0.6) is 0 Å². The van der Waals surface area contributed by atoms with E-state index in [1.807, 2.05) is 37.2 Å². The summed E-state index contributed by atoms with van der Waals surface area (Å²) < 4.78 is 5.96. The summed E-state index contributed by atoms with van der Waals surface area (Å²) in [7, 11) is 4.01. The largest absolute Gasteiger partial charge is 0.378 e. The lowest BCUT2D eigenvalue weighted by Crippen LogP contribution is -2.68. The quantitative estimate of drug-likeness (QED) is 0.579. The molecule has 2 unspecified atom stereocenters. The molecule has 3 rings (SSSR count). The Morgan fingerprint density at radius 2 is 2.15 bits per heavy atom. The first-order valence-corrected chi connectivity index (χ1v) is 9.88. The molecule has 1 heterocycles. The van der Waals surface area contributed by atoms with Crippen LogP contribution in [-0.4, -0.2) is 50.3 Å². The first kappa shape index (κ1) is 19.0. The third-order valence-electron chi connectivity index (χ3n) is 5.74. The smallest absolute Gasteiger partial charge is 0.191 e. The molecule has 1 aromatic heterocycles. The van der Waals surface area contributed by atoms with Gasteiger partial charge >= 0.3 is 0 Å². The van der Waals surface area contributed by atoms with Crippen molar-refractivity contribution in [3.05, 3.63) is 23.9 Å². The average molecular weight is 360 g/mol. The first-order valence-electron chi connectivity index (χ1n) is 9.88. The van der Waals surface area contributed by atoms with Crippen LogP contribution in [0.25, 0.3) is 0 Å². The average Bonchev–Trinajstić information content (AvgIpc) is 2.57. The van der Waals surface area contributed by atoms with Crippen LogP contribution >= 0.6 is 0 Å². The Balaban J connectivity index is 1.64. The zero-order chi connectivity index (χ0) is 18.6. The van der Waals surface area contributed by atoms with Crippen molar-refractivity contribution in [2.45, 2.75) is 58.2 Å². The minimum atomic E-state index is 0.329. The number of anilines is 1. The van der Waals surface area contributed by atoms with Crippen LogP contribution in [0.4, 0.5) is 5.82 Å². The van der Waals surface area contributed by atoms with Crippen molar-refractivity contribution >= 4 is 11.8 Å². The summed E-state index contributed by atoms with van der Waals surface area (Å²) in [6.45, 7) is 6.43. The fourth-order valence-electron chi connectivity index (χ4n) is 4.09. The molecule has 1 spiro atoms. The number of pyridine rings is 1. The minimum absolute atomic E-state index is 0.329. The summed E-state index contributed by atoms with van der Waals surface area (Å²) in [5.74, 6) is 1.85. The lowest BCUT2D eigenvalue weighted by Gasteiger charge is -2.61. The molecule has 0 aromatic carbocycles. The monoisotopic (exact) mass is 359 g/mol. The Morgan fingerprint density at radius 3 is 2.77 bits per heavy atom. The van der Waals surface area contributed by atoms with Crippen molar-refractivity contribution < 1.29 is 4.74 Å². The molecule has 2 aliphatic rings. The van der Waals surface area contributed by atoms with E-state index in [2.05, 4.69) is 29.5 Å². The van der Waals surface area contributed by atoms with E-state index in [0.717, 1.165) is 37.0 Å². The van der Waals surface area contributed by atoms with E-state index in [-0.39, 0.29) is 0 Å². The molecule has 0 bridgehead atoms. The minimum Gasteiger partial charge on any atom is -0.378 e. The number of hydrogen-bond donors (Lipinski definition) is 2. The second kappa shape index (κ2) is 8.25. The fourth-order valence-corrected chi connectivity index (χ4v) is 4.09. The maximum atomic E-state index is 5.96. The molecule has 0 amide bonds. The van der Waals surface area contributed by atoms with Crippen LogP contribution in [0.2, 0.25) is 0 Å². The lowest BCUT2D eigenvalue weighted by atomic mass is 9.51. The Hall–Kier alpha value is -1.82. The van der Waals surface area contributed by atoms with E-state index in [1.54, 1.807) is 0 Å². The summed E-state index contributed by atoms with van der Waals surface area (Å²) in [4.78, 5) is 11.4. The maximum absolute atomic E-state index is 5.96. The van der Waals surface area contributed by atoms with Gasteiger partial charge in [0.25, 0.3) is 0 Å². The van der Waals surface area contributed by atoms with Crippen molar-refractivity contribution in [2.75, 3.05) is 32.1 Å². The van der Waals surface area contributed by atoms with Crippen molar-refractivity contribution in [1.29, 1.82) is 0 Å². The third-order valence-corrected chi connectivity index (χ3v) is 5.74. The molecule has 0 radical (unpaired) electrons. The second-order valence-corrected chi connectivity index (χ2v) is 7.54. The van der Waals surface area contributed by atoms with Gasteiger partial charge in [-0.2, -0.15) is 0 Å². The molecule has 6 nitrogen and oxygen atoms in total. The number of nitrogens with zero attached hydrogens (tertiary/aromatic N) is 3. The van der Waals surface area contributed by atoms with Gasteiger partial charge in [-0.1, -0.05) is 12.5 Å². The highest BCUT2D eigenvalue weighted by Gasteiger charge is 2.59. The van der Waals surface area contributed by atoms with Crippen molar-refractivity contribution in [3.8, 4) is 0 Å². The molecule has 1 aromatic rings. The maximum Gasteiger partial charge on any atom is 0.191 e. The van der Waals surface area contributed by atoms with Crippen LogP contribution in [-0.2, 0) is 11.3 Å². The zero-order valence-corrected chi connectivity index (χ0v) is 16.6. The molecule has 6 heteroatoms. The molecule has 0 aliphatic heterocycles. The molecule has 2 saturated carbocycles. The molecule has 2 fully saturated rings. The van der Waals surface area contributed by atoms with E-state index in [9.17, 15) is 0 Å². The van der Waals surface area contributed by atoms with Gasteiger partial charge in [0.15, 0.2) is 5.96 Å².